The number of hydrogen-bond donors (Lipinski definition) is 1. The summed E-state index contributed by atoms with van der Waals surface area (Å²) in [5.41, 5.74) is 1.64. The molecule has 2 aromatic rings. The Balaban J connectivity index is 1.35. The highest BCUT2D eigenvalue weighted by Gasteiger charge is 2.34. The van der Waals surface area contributed by atoms with Gasteiger partial charge in [-0.2, -0.15) is 0 Å². The van der Waals surface area contributed by atoms with Crippen molar-refractivity contribution in [3.05, 3.63) is 48.0 Å². The first kappa shape index (κ1) is 18.2. The molecule has 0 bridgehead atoms. The van der Waals surface area contributed by atoms with E-state index in [0.717, 1.165) is 11.3 Å². The van der Waals surface area contributed by atoms with Crippen molar-refractivity contribution in [2.75, 3.05) is 25.3 Å². The van der Waals surface area contributed by atoms with Gasteiger partial charge in [-0.25, -0.2) is 0 Å². The van der Waals surface area contributed by atoms with Crippen molar-refractivity contribution in [2.24, 2.45) is 5.92 Å². The van der Waals surface area contributed by atoms with Gasteiger partial charge in [-0.15, -0.1) is 0 Å². The molecule has 1 atom stereocenters. The van der Waals surface area contributed by atoms with E-state index >= 15 is 0 Å². The Hall–Kier alpha value is -3.22. The number of nitrogens with one attached hydrogen (secondary N) is 1. The second-order valence-electron chi connectivity index (χ2n) is 6.81. The van der Waals surface area contributed by atoms with E-state index in [2.05, 4.69) is 5.32 Å². The molecule has 0 aliphatic carbocycles. The minimum Gasteiger partial charge on any atom is -0.494 e. The van der Waals surface area contributed by atoms with Crippen molar-refractivity contribution < 1.29 is 23.8 Å². The molecule has 0 radical (unpaired) electrons. The number of rotatable bonds is 6. The normalized spacial score (nSPS) is 17.7. The summed E-state index contributed by atoms with van der Waals surface area (Å²) in [6.07, 6.45) is 0.216. The number of carbonyl (C=O) groups excluding carboxylic acids is 2. The number of anilines is 1. The predicted molar refractivity (Wildman–Crippen MR) is 102 cm³/mol. The fourth-order valence-corrected chi connectivity index (χ4v) is 3.41. The summed E-state index contributed by atoms with van der Waals surface area (Å²) in [5.74, 6) is 1.62. The SMILES string of the molecule is CCOc1ccc(NC(=O)C2CC(=O)N(Cc3ccc4c(c3)OCO4)C2)cc1. The fraction of sp³-hybridized carbons (Fsp3) is 0.333. The quantitative estimate of drug-likeness (QED) is 0.831. The maximum atomic E-state index is 12.6. The predicted octanol–water partition coefficient (Wildman–Crippen LogP) is 2.80. The minimum atomic E-state index is -0.368. The van der Waals surface area contributed by atoms with Crippen molar-refractivity contribution in [2.45, 2.75) is 19.9 Å². The van der Waals surface area contributed by atoms with Crippen LogP contribution in [0.4, 0.5) is 5.69 Å². The fourth-order valence-electron chi connectivity index (χ4n) is 3.41. The zero-order valence-electron chi connectivity index (χ0n) is 15.6. The maximum absolute atomic E-state index is 12.6. The molecule has 1 fully saturated rings. The monoisotopic (exact) mass is 382 g/mol. The van der Waals surface area contributed by atoms with Crippen molar-refractivity contribution in [1.29, 1.82) is 0 Å². The van der Waals surface area contributed by atoms with Crippen molar-refractivity contribution in [1.82, 2.24) is 4.90 Å². The molecule has 1 N–H and O–H groups in total. The Labute approximate surface area is 163 Å². The summed E-state index contributed by atoms with van der Waals surface area (Å²) in [6.45, 7) is 3.57. The topological polar surface area (TPSA) is 77.1 Å². The molecule has 28 heavy (non-hydrogen) atoms. The van der Waals surface area contributed by atoms with Gasteiger partial charge in [0.1, 0.15) is 5.75 Å². The lowest BCUT2D eigenvalue weighted by Crippen LogP contribution is -2.28. The van der Waals surface area contributed by atoms with Crippen molar-refractivity contribution in [3.8, 4) is 17.2 Å². The Morgan fingerprint density at radius 3 is 2.75 bits per heavy atom. The number of ether oxygens (including phenoxy) is 3. The largest absolute Gasteiger partial charge is 0.494 e. The number of carbonyl (C=O) groups is 2. The first-order chi connectivity index (χ1) is 13.6. The van der Waals surface area contributed by atoms with E-state index < -0.39 is 0 Å². The molecule has 2 heterocycles. The van der Waals surface area contributed by atoms with Crippen LogP contribution in [-0.4, -0.2) is 36.7 Å². The van der Waals surface area contributed by atoms with E-state index in [1.54, 1.807) is 17.0 Å². The Morgan fingerprint density at radius 1 is 1.18 bits per heavy atom. The van der Waals surface area contributed by atoms with Gasteiger partial charge in [0.25, 0.3) is 0 Å². The van der Waals surface area contributed by atoms with Crippen LogP contribution in [0.1, 0.15) is 18.9 Å². The molecule has 146 valence electrons. The molecule has 7 nitrogen and oxygen atoms in total. The van der Waals surface area contributed by atoms with Crippen molar-refractivity contribution in [3.63, 3.8) is 0 Å². The number of likely N-dealkylation sites (tertiary alicyclic amines) is 1. The molecule has 0 saturated carbocycles. The van der Waals surface area contributed by atoms with Gasteiger partial charge in [0.05, 0.1) is 12.5 Å². The van der Waals surface area contributed by atoms with Crippen LogP contribution in [-0.2, 0) is 16.1 Å². The molecule has 2 aromatic carbocycles. The lowest BCUT2D eigenvalue weighted by molar-refractivity contribution is -0.128. The first-order valence-corrected chi connectivity index (χ1v) is 9.32. The second-order valence-corrected chi connectivity index (χ2v) is 6.81. The molecule has 2 aliphatic heterocycles. The number of amides is 2. The highest BCUT2D eigenvalue weighted by Crippen LogP contribution is 2.33. The van der Waals surface area contributed by atoms with Crippen LogP contribution in [0.25, 0.3) is 0 Å². The number of nitrogens with zero attached hydrogens (tertiary/aromatic N) is 1. The van der Waals surface area contributed by atoms with Gasteiger partial charge in [0.15, 0.2) is 11.5 Å². The average molecular weight is 382 g/mol. The lowest BCUT2D eigenvalue weighted by Gasteiger charge is -2.17. The van der Waals surface area contributed by atoms with Gasteiger partial charge in [-0.1, -0.05) is 6.07 Å². The van der Waals surface area contributed by atoms with Gasteiger partial charge in [0, 0.05) is 25.2 Å². The van der Waals surface area contributed by atoms with Gasteiger partial charge >= 0.3 is 0 Å². The average Bonchev–Trinajstić information content (AvgIpc) is 3.30. The van der Waals surface area contributed by atoms with Crippen LogP contribution in [0.3, 0.4) is 0 Å². The third-order valence-electron chi connectivity index (χ3n) is 4.83. The third-order valence-corrected chi connectivity index (χ3v) is 4.83. The molecule has 4 rings (SSSR count). The molecule has 0 aromatic heterocycles. The van der Waals surface area contributed by atoms with Crippen LogP contribution in [0.5, 0.6) is 17.2 Å². The van der Waals surface area contributed by atoms with Crippen LogP contribution in [0.2, 0.25) is 0 Å². The molecule has 1 saturated heterocycles. The molecule has 0 spiro atoms. The second kappa shape index (κ2) is 7.80. The highest BCUT2D eigenvalue weighted by atomic mass is 16.7. The van der Waals surface area contributed by atoms with E-state index in [4.69, 9.17) is 14.2 Å². The number of fused-ring (bicyclic) bond motifs is 1. The molecular weight excluding hydrogens is 360 g/mol. The molecule has 1 unspecified atom stereocenters. The van der Waals surface area contributed by atoms with Crippen LogP contribution in [0.15, 0.2) is 42.5 Å². The van der Waals surface area contributed by atoms with E-state index in [-0.39, 0.29) is 30.9 Å². The van der Waals surface area contributed by atoms with E-state index in [1.807, 2.05) is 37.3 Å². The summed E-state index contributed by atoms with van der Waals surface area (Å²) in [5, 5.41) is 2.88. The van der Waals surface area contributed by atoms with E-state index in [9.17, 15) is 9.59 Å². The highest BCUT2D eigenvalue weighted by molar-refractivity contribution is 5.97. The van der Waals surface area contributed by atoms with Gasteiger partial charge in [-0.05, 0) is 48.9 Å². The third kappa shape index (κ3) is 3.88. The van der Waals surface area contributed by atoms with Gasteiger partial charge in [0.2, 0.25) is 18.6 Å². The Kier molecular flexibility index (Phi) is 5.06. The maximum Gasteiger partial charge on any atom is 0.231 e. The molecule has 7 heteroatoms. The van der Waals surface area contributed by atoms with Crippen molar-refractivity contribution >= 4 is 17.5 Å². The van der Waals surface area contributed by atoms with Gasteiger partial charge < -0.3 is 24.4 Å². The smallest absolute Gasteiger partial charge is 0.231 e. The molecule has 2 amide bonds. The summed E-state index contributed by atoms with van der Waals surface area (Å²) in [7, 11) is 0. The Bertz CT molecular complexity index is 881. The summed E-state index contributed by atoms with van der Waals surface area (Å²) < 4.78 is 16.1. The summed E-state index contributed by atoms with van der Waals surface area (Å²) in [6, 6.07) is 12.8. The zero-order chi connectivity index (χ0) is 19.5. The standard InChI is InChI=1S/C21H22N2O5/c1-2-26-17-6-4-16(5-7-17)22-21(25)15-10-20(24)23(12-15)11-14-3-8-18-19(9-14)28-13-27-18/h3-9,15H,2,10-13H2,1H3,(H,22,25). The molecular formula is C21H22N2O5. The van der Waals surface area contributed by atoms with Crippen LogP contribution >= 0.6 is 0 Å². The lowest BCUT2D eigenvalue weighted by atomic mass is 10.1. The summed E-state index contributed by atoms with van der Waals surface area (Å²) >= 11 is 0. The zero-order valence-corrected chi connectivity index (χ0v) is 15.6. The first-order valence-electron chi connectivity index (χ1n) is 9.32. The molecule has 2 aliphatic rings. The number of hydrogen-bond acceptors (Lipinski definition) is 5. The Morgan fingerprint density at radius 2 is 1.96 bits per heavy atom. The number of benzene rings is 2. The van der Waals surface area contributed by atoms with Crippen LogP contribution in [0, 0.1) is 5.92 Å². The van der Waals surface area contributed by atoms with E-state index in [0.29, 0.717) is 36.9 Å². The van der Waals surface area contributed by atoms with E-state index in [1.165, 1.54) is 0 Å². The van der Waals surface area contributed by atoms with Gasteiger partial charge in [-0.3, -0.25) is 9.59 Å². The summed E-state index contributed by atoms with van der Waals surface area (Å²) in [4.78, 5) is 26.6. The van der Waals surface area contributed by atoms with Crippen LogP contribution < -0.4 is 19.5 Å². The minimum absolute atomic E-state index is 0.0236.